The van der Waals surface area contributed by atoms with Gasteiger partial charge in [-0.05, 0) is 42.1 Å². The summed E-state index contributed by atoms with van der Waals surface area (Å²) in [7, 11) is 14.5. The summed E-state index contributed by atoms with van der Waals surface area (Å²) in [6.45, 7) is 2.00. The molecule has 0 aliphatic carbocycles. The predicted octanol–water partition coefficient (Wildman–Crippen LogP) is 5.38. The predicted molar refractivity (Wildman–Crippen MR) is 329 cm³/mol. The molecular weight excluding hydrogens is 1380 g/mol. The normalized spacial score (nSPS) is 10.3. The number of rotatable bonds is 10. The van der Waals surface area contributed by atoms with E-state index in [0.29, 0.717) is 65.1 Å². The Labute approximate surface area is 604 Å². The fourth-order valence-electron chi connectivity index (χ4n) is 7.35. The van der Waals surface area contributed by atoms with Gasteiger partial charge in [-0.25, -0.2) is 24.0 Å². The maximum absolute atomic E-state index is 11.3. The number of aromatic carboxylic acids is 2. The number of nitrogens with zero attached hydrogens (tertiary/aromatic N) is 10. The molecule has 93 heavy (non-hydrogen) atoms. The molecule has 496 valence electrons. The fourth-order valence-corrected chi connectivity index (χ4v) is 8.89. The third kappa shape index (κ3) is 23.9. The number of ether oxygens (including phenoxy) is 4. The van der Waals surface area contributed by atoms with Gasteiger partial charge in [0.25, 0.3) is 0 Å². The molecule has 10 aromatic rings. The van der Waals surface area contributed by atoms with Gasteiger partial charge in [-0.15, -0.1) is 0 Å². The standard InChI is InChI=1S/C10H8Cl2N2O3.C10H9ClN2O3.C10H10N2O3.C9H6Cl2N2O3.C9H7ClN2O3.C4H8O.2CH4O.CH4.2Na.2H2O/c1-14-8(6(11)4-13-14)5-3-7(10(15)16-2)17-9(5)12;1-13-9(7(11)4-12-13)6-3-8(16-5-6)10(14)15-2;1-12-8(3-4-11-12)7-5-9(15-6-7)10(13)14-2;1-13-7(5(10)3-12-13)4-2-6(9(14)15)16-8(4)11;1-12-8(6(10)3-11-12)5-2-7(9(13)14)15-4-5;1-2-4-5-3-1;2*1-2;;;;;/h3-4H,1-2H3;3-5H,1-2H3;3-6H,1-2H3;2-3H,1H3,(H,14,15);2-4H,1H3,(H,13,14);1-4H2;2*2H,1H3;1H4;;;2*1H2/q;;;;;;;;;2*+1;;/p-2. The molecule has 0 saturated carbocycles. The molecule has 6 N–H and O–H groups in total. The van der Waals surface area contributed by atoms with Gasteiger partial charge in [-0.2, -0.15) is 25.5 Å². The Morgan fingerprint density at radius 1 is 0.462 bits per heavy atom. The Morgan fingerprint density at radius 3 is 1.09 bits per heavy atom. The van der Waals surface area contributed by atoms with Crippen LogP contribution < -0.4 is 59.1 Å². The number of aliphatic hydroxyl groups is 2. The minimum atomic E-state index is -1.19. The molecule has 0 bridgehead atoms. The maximum atomic E-state index is 11.3. The molecule has 10 aromatic heterocycles. The van der Waals surface area contributed by atoms with E-state index in [1.165, 1.54) is 101 Å². The van der Waals surface area contributed by atoms with Crippen LogP contribution in [0.1, 0.15) is 73.0 Å². The van der Waals surface area contributed by atoms with Crippen LogP contribution in [0.2, 0.25) is 30.5 Å². The van der Waals surface area contributed by atoms with Crippen LogP contribution in [-0.4, -0.2) is 159 Å². The van der Waals surface area contributed by atoms with Crippen LogP contribution in [0.3, 0.4) is 0 Å². The number of carboxylic acid groups (broad SMARTS) is 2. The van der Waals surface area contributed by atoms with Crippen molar-refractivity contribution in [2.75, 3.05) is 48.8 Å². The first-order valence-electron chi connectivity index (χ1n) is 24.7. The first-order valence-corrected chi connectivity index (χ1v) is 27.0. The van der Waals surface area contributed by atoms with Crippen LogP contribution in [0.4, 0.5) is 0 Å². The minimum absolute atomic E-state index is 0. The van der Waals surface area contributed by atoms with Crippen molar-refractivity contribution in [3.05, 3.63) is 146 Å². The van der Waals surface area contributed by atoms with E-state index >= 15 is 0 Å². The number of aromatic nitrogens is 10. The van der Waals surface area contributed by atoms with Gasteiger partial charge in [0.05, 0.1) is 106 Å². The van der Waals surface area contributed by atoms with Crippen LogP contribution >= 0.6 is 69.6 Å². The van der Waals surface area contributed by atoms with Gasteiger partial charge in [0.2, 0.25) is 39.2 Å². The number of methoxy groups -OCH3 is 3. The van der Waals surface area contributed by atoms with Crippen molar-refractivity contribution in [3.8, 4) is 56.3 Å². The fraction of sp³-hybridized carbons (Fsp3) is 0.273. The number of carboxylic acids is 2. The second-order valence-electron chi connectivity index (χ2n) is 16.8. The molecule has 1 aliphatic rings. The van der Waals surface area contributed by atoms with Gasteiger partial charge in [-0.1, -0.05) is 53.8 Å². The Morgan fingerprint density at radius 2 is 0.785 bits per heavy atom. The first kappa shape index (κ1) is 88.4. The van der Waals surface area contributed by atoms with E-state index in [1.807, 2.05) is 13.1 Å². The second kappa shape index (κ2) is 43.3. The Bertz CT molecular complexity index is 3820. The van der Waals surface area contributed by atoms with E-state index in [2.05, 4.69) is 39.7 Å². The van der Waals surface area contributed by atoms with E-state index in [9.17, 15) is 24.0 Å². The van der Waals surface area contributed by atoms with Gasteiger partial charge in [0.15, 0.2) is 0 Å². The molecule has 1 saturated heterocycles. The molecule has 11 rings (SSSR count). The molecule has 0 amide bonds. The summed E-state index contributed by atoms with van der Waals surface area (Å²) < 4.78 is 51.4. The molecule has 1 fully saturated rings. The topological polar surface area (TPSA) is 418 Å². The maximum Gasteiger partial charge on any atom is 1.00 e. The number of carbonyl (C=O) groups is 5. The first-order chi connectivity index (χ1) is 42.0. The molecular formula is C55H62Cl6N10Na2O20. The summed E-state index contributed by atoms with van der Waals surface area (Å²) in [4.78, 5) is 54.9. The third-order valence-electron chi connectivity index (χ3n) is 11.3. The SMILES string of the molecule is C.C1CCOC1.CO.CO.COC(=O)c1cc(-c2c(Cl)cnn2C)c(Cl)o1.COC(=O)c1cc(-c2c(Cl)cnn2C)co1.COC(=O)c1cc(-c2ccnn2C)co1.Cn1ncc(Cl)c1-c1cc(C(=O)O)oc1Cl.Cn1ncc(Cl)c1-c1coc(C(=O)O)c1.[Na+].[Na+].[OH-].[OH-]. The second-order valence-corrected chi connectivity index (χ2v) is 19.1. The molecule has 0 aromatic carbocycles. The van der Waals surface area contributed by atoms with Gasteiger partial charge in [0, 0.05) is 116 Å². The summed E-state index contributed by atoms with van der Waals surface area (Å²) in [6, 6.07) is 9.22. The molecule has 11 heterocycles. The van der Waals surface area contributed by atoms with Crippen molar-refractivity contribution < 1.29 is 155 Å². The van der Waals surface area contributed by atoms with Crippen molar-refractivity contribution in [2.45, 2.75) is 20.3 Å². The van der Waals surface area contributed by atoms with Crippen LogP contribution in [0.5, 0.6) is 0 Å². The number of carbonyl (C=O) groups excluding carboxylic acids is 3. The van der Waals surface area contributed by atoms with Crippen LogP contribution in [-0.2, 0) is 54.2 Å². The summed E-state index contributed by atoms with van der Waals surface area (Å²) in [6.07, 6.45) is 14.5. The van der Waals surface area contributed by atoms with Crippen molar-refractivity contribution in [1.29, 1.82) is 0 Å². The minimum Gasteiger partial charge on any atom is -0.870 e. The van der Waals surface area contributed by atoms with Crippen LogP contribution in [0.25, 0.3) is 56.3 Å². The largest absolute Gasteiger partial charge is 1.00 e. The van der Waals surface area contributed by atoms with Gasteiger partial charge >= 0.3 is 89.0 Å². The van der Waals surface area contributed by atoms with Gasteiger partial charge in [-0.3, -0.25) is 23.4 Å². The summed E-state index contributed by atoms with van der Waals surface area (Å²) in [5.41, 5.74) is 6.29. The molecule has 0 unspecified atom stereocenters. The van der Waals surface area contributed by atoms with Crippen molar-refractivity contribution in [2.24, 2.45) is 35.2 Å². The van der Waals surface area contributed by atoms with Gasteiger partial charge in [0.1, 0.15) is 18.8 Å². The molecule has 0 atom stereocenters. The van der Waals surface area contributed by atoms with E-state index in [4.69, 9.17) is 117 Å². The van der Waals surface area contributed by atoms with E-state index < -0.39 is 29.8 Å². The number of aryl methyl sites for hydroxylation is 5. The average Bonchev–Trinajstić information content (AvgIpc) is 1.76. The van der Waals surface area contributed by atoms with Crippen molar-refractivity contribution in [3.63, 3.8) is 0 Å². The average molecular weight is 1440 g/mol. The van der Waals surface area contributed by atoms with Crippen molar-refractivity contribution >= 4 is 99.5 Å². The molecule has 0 spiro atoms. The zero-order chi connectivity index (χ0) is 65.5. The Balaban J connectivity index is 0. The van der Waals surface area contributed by atoms with E-state index in [0.717, 1.165) is 38.7 Å². The summed E-state index contributed by atoms with van der Waals surface area (Å²) in [5, 5.41) is 53.1. The number of hydrogen-bond acceptors (Lipinski definition) is 23. The van der Waals surface area contributed by atoms with Gasteiger partial charge < -0.3 is 72.4 Å². The molecule has 0 radical (unpaired) electrons. The Hall–Kier alpha value is -6.66. The third-order valence-corrected chi connectivity index (χ3v) is 13.0. The Kier molecular flexibility index (Phi) is 41.2. The monoisotopic (exact) mass is 1440 g/mol. The van der Waals surface area contributed by atoms with Crippen molar-refractivity contribution in [1.82, 2.24) is 48.9 Å². The number of halogens is 6. The number of hydrogen-bond donors (Lipinski definition) is 4. The number of esters is 3. The van der Waals surface area contributed by atoms with Crippen LogP contribution in [0.15, 0.2) is 108 Å². The quantitative estimate of drug-likeness (QED) is 0.0758. The zero-order valence-corrected chi connectivity index (χ0v) is 59.6. The smallest absolute Gasteiger partial charge is 0.870 e. The van der Waals surface area contributed by atoms with E-state index in [1.54, 1.807) is 65.2 Å². The zero-order valence-electron chi connectivity index (χ0n) is 51.1. The summed E-state index contributed by atoms with van der Waals surface area (Å²) in [5.74, 6) is -3.93. The number of aliphatic hydroxyl groups excluding tert-OH is 2. The number of furan rings is 5. The van der Waals surface area contributed by atoms with Crippen LogP contribution in [0, 0.1) is 0 Å². The summed E-state index contributed by atoms with van der Waals surface area (Å²) >= 11 is 35.4. The molecule has 30 nitrogen and oxygen atoms in total. The van der Waals surface area contributed by atoms with E-state index in [-0.39, 0.29) is 117 Å². The molecule has 38 heteroatoms. The molecule has 1 aliphatic heterocycles.